The molecule has 0 atom stereocenters. The van der Waals surface area contributed by atoms with E-state index >= 15 is 0 Å². The fraction of sp³-hybridized carbons (Fsp3) is 0.111. The maximum Gasteiger partial charge on any atom is 0.261 e. The third kappa shape index (κ3) is 2.36. The van der Waals surface area contributed by atoms with Gasteiger partial charge in [0.05, 0.1) is 10.9 Å². The van der Waals surface area contributed by atoms with Crippen LogP contribution in [0.5, 0.6) is 11.5 Å². The standard InChI is InChI=1S/C18H14N2O3/c1-20-17(19-14-5-3-2-4-13(14)18(20)21)9-7-12-6-8-15-16(10-12)23-11-22-15/h2-10H,11H2,1H3. The molecule has 4 rings (SSSR count). The minimum atomic E-state index is -0.0547. The highest BCUT2D eigenvalue weighted by Crippen LogP contribution is 2.32. The Hall–Kier alpha value is -3.08. The largest absolute Gasteiger partial charge is 0.454 e. The number of benzene rings is 2. The molecular formula is C18H14N2O3. The van der Waals surface area contributed by atoms with Crippen molar-refractivity contribution in [3.05, 3.63) is 64.2 Å². The SMILES string of the molecule is Cn1c(C=Cc2ccc3c(c2)OCO3)nc2ccccc2c1=O. The number of para-hydroxylation sites is 1. The predicted molar refractivity (Wildman–Crippen MR) is 88.5 cm³/mol. The third-order valence-electron chi connectivity index (χ3n) is 3.84. The molecule has 0 bridgehead atoms. The number of fused-ring (bicyclic) bond motifs is 2. The molecule has 1 aliphatic rings. The minimum Gasteiger partial charge on any atom is -0.454 e. The van der Waals surface area contributed by atoms with Crippen LogP contribution in [0.4, 0.5) is 0 Å². The van der Waals surface area contributed by atoms with Crippen molar-refractivity contribution < 1.29 is 9.47 Å². The van der Waals surface area contributed by atoms with Gasteiger partial charge in [0, 0.05) is 7.05 Å². The molecule has 1 aliphatic heterocycles. The lowest BCUT2D eigenvalue weighted by atomic mass is 10.2. The van der Waals surface area contributed by atoms with E-state index in [9.17, 15) is 4.79 Å². The molecule has 0 spiro atoms. The zero-order chi connectivity index (χ0) is 15.8. The molecule has 0 radical (unpaired) electrons. The van der Waals surface area contributed by atoms with Gasteiger partial charge in [0.1, 0.15) is 5.82 Å². The molecule has 1 aromatic heterocycles. The van der Waals surface area contributed by atoms with Gasteiger partial charge in [-0.2, -0.15) is 0 Å². The Bertz CT molecular complexity index is 989. The second-order valence-electron chi connectivity index (χ2n) is 5.30. The smallest absolute Gasteiger partial charge is 0.261 e. The Morgan fingerprint density at radius 2 is 1.91 bits per heavy atom. The first-order valence-corrected chi connectivity index (χ1v) is 7.26. The van der Waals surface area contributed by atoms with Crippen molar-refractivity contribution in [2.24, 2.45) is 7.05 Å². The molecule has 114 valence electrons. The highest BCUT2D eigenvalue weighted by Gasteiger charge is 2.12. The third-order valence-corrected chi connectivity index (χ3v) is 3.84. The van der Waals surface area contributed by atoms with Gasteiger partial charge in [-0.15, -0.1) is 0 Å². The molecule has 5 nitrogen and oxygen atoms in total. The monoisotopic (exact) mass is 306 g/mol. The van der Waals surface area contributed by atoms with Crippen LogP contribution in [-0.4, -0.2) is 16.3 Å². The highest BCUT2D eigenvalue weighted by atomic mass is 16.7. The summed E-state index contributed by atoms with van der Waals surface area (Å²) in [6.45, 7) is 0.253. The Morgan fingerprint density at radius 3 is 2.83 bits per heavy atom. The second kappa shape index (κ2) is 5.28. The van der Waals surface area contributed by atoms with E-state index in [0.717, 1.165) is 17.1 Å². The van der Waals surface area contributed by atoms with Crippen molar-refractivity contribution in [1.29, 1.82) is 0 Å². The van der Waals surface area contributed by atoms with Crippen LogP contribution in [0.1, 0.15) is 11.4 Å². The van der Waals surface area contributed by atoms with Crippen molar-refractivity contribution in [3.8, 4) is 11.5 Å². The number of nitrogens with zero attached hydrogens (tertiary/aromatic N) is 2. The molecule has 0 saturated heterocycles. The summed E-state index contributed by atoms with van der Waals surface area (Å²) < 4.78 is 12.2. The van der Waals surface area contributed by atoms with E-state index < -0.39 is 0 Å². The van der Waals surface area contributed by atoms with Gasteiger partial charge in [-0.1, -0.05) is 24.3 Å². The molecule has 5 heteroatoms. The summed E-state index contributed by atoms with van der Waals surface area (Å²) >= 11 is 0. The van der Waals surface area contributed by atoms with Gasteiger partial charge in [0.25, 0.3) is 5.56 Å². The first-order valence-electron chi connectivity index (χ1n) is 7.26. The molecule has 0 aliphatic carbocycles. The molecule has 0 amide bonds. The van der Waals surface area contributed by atoms with Gasteiger partial charge < -0.3 is 9.47 Å². The molecule has 3 aromatic rings. The minimum absolute atomic E-state index is 0.0547. The topological polar surface area (TPSA) is 53.4 Å². The maximum atomic E-state index is 12.4. The summed E-state index contributed by atoms with van der Waals surface area (Å²) in [5.41, 5.74) is 1.60. The zero-order valence-corrected chi connectivity index (χ0v) is 12.5. The summed E-state index contributed by atoms with van der Waals surface area (Å²) in [7, 11) is 1.72. The normalized spacial score (nSPS) is 13.1. The van der Waals surface area contributed by atoms with E-state index in [2.05, 4.69) is 4.98 Å². The lowest BCUT2D eigenvalue weighted by Gasteiger charge is -2.05. The second-order valence-corrected chi connectivity index (χ2v) is 5.30. The lowest BCUT2D eigenvalue weighted by molar-refractivity contribution is 0.174. The van der Waals surface area contributed by atoms with Crippen LogP contribution in [0.3, 0.4) is 0 Å². The lowest BCUT2D eigenvalue weighted by Crippen LogP contribution is -2.20. The molecule has 0 unspecified atom stereocenters. The number of rotatable bonds is 2. The van der Waals surface area contributed by atoms with Crippen LogP contribution < -0.4 is 15.0 Å². The van der Waals surface area contributed by atoms with Crippen molar-refractivity contribution >= 4 is 23.1 Å². The van der Waals surface area contributed by atoms with Crippen LogP contribution >= 0.6 is 0 Å². The fourth-order valence-corrected chi connectivity index (χ4v) is 2.57. The summed E-state index contributed by atoms with van der Waals surface area (Å²) in [5.74, 6) is 2.08. The molecule has 0 fully saturated rings. The van der Waals surface area contributed by atoms with Crippen molar-refractivity contribution in [2.75, 3.05) is 6.79 Å². The first-order chi connectivity index (χ1) is 11.2. The Labute approximate surface area is 132 Å². The summed E-state index contributed by atoms with van der Waals surface area (Å²) in [6, 6.07) is 13.0. The van der Waals surface area contributed by atoms with E-state index in [4.69, 9.17) is 9.47 Å². The Morgan fingerprint density at radius 1 is 1.09 bits per heavy atom. The van der Waals surface area contributed by atoms with E-state index in [-0.39, 0.29) is 12.4 Å². The molecule has 0 N–H and O–H groups in total. The summed E-state index contributed by atoms with van der Waals surface area (Å²) in [4.78, 5) is 16.9. The Balaban J connectivity index is 1.75. The van der Waals surface area contributed by atoms with Crippen molar-refractivity contribution in [3.63, 3.8) is 0 Å². The average Bonchev–Trinajstić information content (AvgIpc) is 3.04. The number of hydrogen-bond donors (Lipinski definition) is 0. The van der Waals surface area contributed by atoms with Crippen LogP contribution in [-0.2, 0) is 7.05 Å². The molecule has 0 saturated carbocycles. The van der Waals surface area contributed by atoms with Crippen molar-refractivity contribution in [1.82, 2.24) is 9.55 Å². The first kappa shape index (κ1) is 13.6. The van der Waals surface area contributed by atoms with Crippen molar-refractivity contribution in [2.45, 2.75) is 0 Å². The van der Waals surface area contributed by atoms with Crippen LogP contribution in [0, 0.1) is 0 Å². The van der Waals surface area contributed by atoms with Gasteiger partial charge in [-0.25, -0.2) is 4.98 Å². The van der Waals surface area contributed by atoms with Crippen LogP contribution in [0.25, 0.3) is 23.1 Å². The fourth-order valence-electron chi connectivity index (χ4n) is 2.57. The maximum absolute atomic E-state index is 12.4. The van der Waals surface area contributed by atoms with Crippen LogP contribution in [0.15, 0.2) is 47.3 Å². The molecule has 2 aromatic carbocycles. The van der Waals surface area contributed by atoms with Gasteiger partial charge in [0.15, 0.2) is 11.5 Å². The van der Waals surface area contributed by atoms with E-state index in [0.29, 0.717) is 16.7 Å². The molecule has 23 heavy (non-hydrogen) atoms. The van der Waals surface area contributed by atoms with Gasteiger partial charge >= 0.3 is 0 Å². The van der Waals surface area contributed by atoms with Crippen LogP contribution in [0.2, 0.25) is 0 Å². The van der Waals surface area contributed by atoms with Gasteiger partial charge in [-0.3, -0.25) is 9.36 Å². The summed E-state index contributed by atoms with van der Waals surface area (Å²) in [6.07, 6.45) is 3.73. The average molecular weight is 306 g/mol. The van der Waals surface area contributed by atoms with Gasteiger partial charge in [0.2, 0.25) is 6.79 Å². The predicted octanol–water partition coefficient (Wildman–Crippen LogP) is 2.83. The summed E-state index contributed by atoms with van der Waals surface area (Å²) in [5, 5.41) is 0.621. The molecular weight excluding hydrogens is 292 g/mol. The molecule has 2 heterocycles. The number of aromatic nitrogens is 2. The van der Waals surface area contributed by atoms with E-state index in [1.807, 2.05) is 48.6 Å². The quantitative estimate of drug-likeness (QED) is 0.730. The van der Waals surface area contributed by atoms with E-state index in [1.165, 1.54) is 0 Å². The van der Waals surface area contributed by atoms with Gasteiger partial charge in [-0.05, 0) is 35.9 Å². The number of hydrogen-bond acceptors (Lipinski definition) is 4. The highest BCUT2D eigenvalue weighted by molar-refractivity contribution is 5.79. The number of ether oxygens (including phenoxy) is 2. The van der Waals surface area contributed by atoms with E-state index in [1.54, 1.807) is 17.7 Å². The Kier molecular flexibility index (Phi) is 3.12. The zero-order valence-electron chi connectivity index (χ0n) is 12.5.